The number of nitrogens with zero attached hydrogens (tertiary/aromatic N) is 1. The maximum atomic E-state index is 12.2. The Balaban J connectivity index is 2.07. The molecule has 0 aliphatic carbocycles. The number of carbonyl (C=O) groups is 2. The molecule has 0 bridgehead atoms. The lowest BCUT2D eigenvalue weighted by atomic mass is 10.1. The molecule has 24 heavy (non-hydrogen) atoms. The fourth-order valence-electron chi connectivity index (χ4n) is 2.06. The van der Waals surface area contributed by atoms with E-state index in [1.807, 2.05) is 0 Å². The summed E-state index contributed by atoms with van der Waals surface area (Å²) in [6.07, 6.45) is 0. The van der Waals surface area contributed by atoms with Crippen molar-refractivity contribution in [2.24, 2.45) is 0 Å². The predicted octanol–water partition coefficient (Wildman–Crippen LogP) is 0.780. The number of carboxylic acids is 1. The number of amides is 1. The summed E-state index contributed by atoms with van der Waals surface area (Å²) in [7, 11) is 0. The lowest BCUT2D eigenvalue weighted by Crippen LogP contribution is -2.31. The van der Waals surface area contributed by atoms with Crippen molar-refractivity contribution in [2.75, 3.05) is 6.61 Å². The zero-order valence-corrected chi connectivity index (χ0v) is 13.3. The predicted molar refractivity (Wildman–Crippen MR) is 85.1 cm³/mol. The molecule has 1 aromatic heterocycles. The largest absolute Gasteiger partial charge is 0.482 e. The minimum absolute atomic E-state index is 0.0285. The number of benzene rings is 1. The van der Waals surface area contributed by atoms with Gasteiger partial charge in [0.2, 0.25) is 0 Å². The monoisotopic (exact) mass is 331 g/mol. The molecule has 0 unspecified atom stereocenters. The van der Waals surface area contributed by atoms with E-state index in [1.54, 1.807) is 38.1 Å². The number of H-pyrrole nitrogens is 1. The molecular weight excluding hydrogens is 314 g/mol. The van der Waals surface area contributed by atoms with Crippen LogP contribution in [0.15, 0.2) is 29.1 Å². The minimum Gasteiger partial charge on any atom is -0.482 e. The highest BCUT2D eigenvalue weighted by Crippen LogP contribution is 2.13. The zero-order valence-electron chi connectivity index (χ0n) is 13.3. The second-order valence-electron chi connectivity index (χ2n) is 5.15. The highest BCUT2D eigenvalue weighted by Gasteiger charge is 2.15. The molecule has 2 aromatic rings. The molecule has 0 fully saturated rings. The van der Waals surface area contributed by atoms with Gasteiger partial charge in [-0.25, -0.2) is 9.89 Å². The molecule has 2 rings (SSSR count). The van der Waals surface area contributed by atoms with Crippen LogP contribution in [0.2, 0.25) is 0 Å². The van der Waals surface area contributed by atoms with Crippen LogP contribution in [0.4, 0.5) is 0 Å². The van der Waals surface area contributed by atoms with E-state index in [1.165, 1.54) is 0 Å². The van der Waals surface area contributed by atoms with Gasteiger partial charge in [0.25, 0.3) is 11.5 Å². The third-order valence-electron chi connectivity index (χ3n) is 3.41. The van der Waals surface area contributed by atoms with Crippen molar-refractivity contribution in [1.82, 2.24) is 15.5 Å². The normalized spacial score (nSPS) is 10.2. The summed E-state index contributed by atoms with van der Waals surface area (Å²) >= 11 is 0. The maximum absolute atomic E-state index is 12.2. The number of carbonyl (C=O) groups excluding carboxylic acids is 1. The molecule has 1 amide bonds. The summed E-state index contributed by atoms with van der Waals surface area (Å²) in [6, 6.07) is 6.68. The van der Waals surface area contributed by atoms with Crippen LogP contribution in [0, 0.1) is 13.8 Å². The SMILES string of the molecule is Cc1n[nH]c(=O)c(C(=O)NCc2cccc(OCC(=O)O)c2)c1C. The molecule has 0 aliphatic rings. The van der Waals surface area contributed by atoms with Crippen LogP contribution in [0.1, 0.15) is 27.2 Å². The molecule has 0 atom stereocenters. The van der Waals surface area contributed by atoms with Gasteiger partial charge in [0.1, 0.15) is 11.3 Å². The summed E-state index contributed by atoms with van der Waals surface area (Å²) < 4.78 is 5.08. The molecule has 8 nitrogen and oxygen atoms in total. The van der Waals surface area contributed by atoms with Gasteiger partial charge in [0.15, 0.2) is 6.61 Å². The fraction of sp³-hybridized carbons (Fsp3) is 0.250. The molecule has 126 valence electrons. The first-order valence-electron chi connectivity index (χ1n) is 7.16. The standard InChI is InChI=1S/C16H17N3O5/c1-9-10(2)18-19-16(23)14(9)15(22)17-7-11-4-3-5-12(6-11)24-8-13(20)21/h3-6H,7-8H2,1-2H3,(H,17,22)(H,19,23)(H,20,21). The van der Waals surface area contributed by atoms with E-state index in [0.29, 0.717) is 22.6 Å². The van der Waals surface area contributed by atoms with Crippen LogP contribution in [0.25, 0.3) is 0 Å². The van der Waals surface area contributed by atoms with E-state index in [2.05, 4.69) is 15.5 Å². The van der Waals surface area contributed by atoms with Crippen molar-refractivity contribution < 1.29 is 19.4 Å². The molecule has 0 spiro atoms. The van der Waals surface area contributed by atoms with Crippen LogP contribution in [0.5, 0.6) is 5.75 Å². The van der Waals surface area contributed by atoms with Gasteiger partial charge < -0.3 is 15.2 Å². The Hall–Kier alpha value is -3.16. The number of hydrogen-bond donors (Lipinski definition) is 3. The van der Waals surface area contributed by atoms with Gasteiger partial charge in [-0.05, 0) is 37.1 Å². The second-order valence-corrected chi connectivity index (χ2v) is 5.15. The third-order valence-corrected chi connectivity index (χ3v) is 3.41. The Morgan fingerprint density at radius 3 is 2.79 bits per heavy atom. The number of ether oxygens (including phenoxy) is 1. The number of aromatic amines is 1. The second kappa shape index (κ2) is 7.40. The number of rotatable bonds is 6. The number of aryl methyl sites for hydroxylation is 1. The van der Waals surface area contributed by atoms with Crippen molar-refractivity contribution in [3.8, 4) is 5.75 Å². The van der Waals surface area contributed by atoms with Gasteiger partial charge in [-0.1, -0.05) is 12.1 Å². The van der Waals surface area contributed by atoms with Gasteiger partial charge in [0, 0.05) is 6.54 Å². The molecular formula is C16H17N3O5. The average molecular weight is 331 g/mol. The van der Waals surface area contributed by atoms with Gasteiger partial charge in [0.05, 0.1) is 5.69 Å². The Labute approximate surface area is 137 Å². The highest BCUT2D eigenvalue weighted by atomic mass is 16.5. The van der Waals surface area contributed by atoms with E-state index in [4.69, 9.17) is 9.84 Å². The van der Waals surface area contributed by atoms with Gasteiger partial charge >= 0.3 is 5.97 Å². The summed E-state index contributed by atoms with van der Waals surface area (Å²) in [4.78, 5) is 34.5. The van der Waals surface area contributed by atoms with E-state index in [-0.39, 0.29) is 12.1 Å². The third kappa shape index (κ3) is 4.19. The lowest BCUT2D eigenvalue weighted by molar-refractivity contribution is -0.139. The minimum atomic E-state index is -1.07. The molecule has 0 aliphatic heterocycles. The van der Waals surface area contributed by atoms with Crippen molar-refractivity contribution in [3.63, 3.8) is 0 Å². The van der Waals surface area contributed by atoms with E-state index in [0.717, 1.165) is 0 Å². The summed E-state index contributed by atoms with van der Waals surface area (Å²) in [6.45, 7) is 3.09. The highest BCUT2D eigenvalue weighted by molar-refractivity contribution is 5.95. The molecule has 0 radical (unpaired) electrons. The summed E-state index contributed by atoms with van der Waals surface area (Å²) in [5.74, 6) is -1.19. The van der Waals surface area contributed by atoms with Crippen LogP contribution in [0.3, 0.4) is 0 Å². The Morgan fingerprint density at radius 1 is 1.33 bits per heavy atom. The molecule has 8 heteroatoms. The zero-order chi connectivity index (χ0) is 17.7. The smallest absolute Gasteiger partial charge is 0.341 e. The van der Waals surface area contributed by atoms with E-state index < -0.39 is 24.0 Å². The quantitative estimate of drug-likeness (QED) is 0.719. The molecule has 3 N–H and O–H groups in total. The van der Waals surface area contributed by atoms with Crippen molar-refractivity contribution in [3.05, 3.63) is 57.0 Å². The van der Waals surface area contributed by atoms with Gasteiger partial charge in [-0.3, -0.25) is 9.59 Å². The van der Waals surface area contributed by atoms with Gasteiger partial charge in [-0.15, -0.1) is 0 Å². The first-order chi connectivity index (χ1) is 11.4. The first-order valence-corrected chi connectivity index (χ1v) is 7.16. The topological polar surface area (TPSA) is 121 Å². The first kappa shape index (κ1) is 17.2. The number of nitrogens with one attached hydrogen (secondary N) is 2. The molecule has 1 heterocycles. The number of aliphatic carboxylic acids is 1. The van der Waals surface area contributed by atoms with Crippen molar-refractivity contribution in [2.45, 2.75) is 20.4 Å². The molecule has 0 saturated carbocycles. The number of aromatic nitrogens is 2. The number of carboxylic acid groups (broad SMARTS) is 1. The Bertz CT molecular complexity index is 829. The number of hydrogen-bond acceptors (Lipinski definition) is 5. The van der Waals surface area contributed by atoms with Crippen LogP contribution in [-0.4, -0.2) is 33.8 Å². The average Bonchev–Trinajstić information content (AvgIpc) is 2.55. The molecule has 1 aromatic carbocycles. The van der Waals surface area contributed by atoms with Crippen molar-refractivity contribution >= 4 is 11.9 Å². The summed E-state index contributed by atoms with van der Waals surface area (Å²) in [5, 5.41) is 17.3. The maximum Gasteiger partial charge on any atom is 0.341 e. The Kier molecular flexibility index (Phi) is 5.31. The van der Waals surface area contributed by atoms with Gasteiger partial charge in [-0.2, -0.15) is 5.10 Å². The van der Waals surface area contributed by atoms with E-state index >= 15 is 0 Å². The van der Waals surface area contributed by atoms with E-state index in [9.17, 15) is 14.4 Å². The summed E-state index contributed by atoms with van der Waals surface area (Å²) in [5.41, 5.74) is 1.29. The van der Waals surface area contributed by atoms with Crippen LogP contribution < -0.4 is 15.6 Å². The van der Waals surface area contributed by atoms with Crippen LogP contribution in [-0.2, 0) is 11.3 Å². The Morgan fingerprint density at radius 2 is 2.08 bits per heavy atom. The fourth-order valence-corrected chi connectivity index (χ4v) is 2.06. The van der Waals surface area contributed by atoms with Crippen LogP contribution >= 0.6 is 0 Å². The lowest BCUT2D eigenvalue weighted by Gasteiger charge is -2.09. The molecule has 0 saturated heterocycles. The van der Waals surface area contributed by atoms with Crippen molar-refractivity contribution in [1.29, 1.82) is 0 Å².